The number of carboxylic acids is 3. The van der Waals surface area contributed by atoms with Crippen molar-refractivity contribution >= 4 is 17.9 Å². The number of aliphatic hydroxyl groups is 3. The van der Waals surface area contributed by atoms with Crippen molar-refractivity contribution in [2.45, 2.75) is 0 Å². The molecule has 0 aliphatic carbocycles. The molecular weight excluding hydrogens is 316 g/mol. The number of aliphatic carboxylic acids is 3. The second-order valence-corrected chi connectivity index (χ2v) is 4.34. The van der Waals surface area contributed by atoms with E-state index in [1.54, 1.807) is 4.90 Å². The Labute approximate surface area is 133 Å². The van der Waals surface area contributed by atoms with Crippen molar-refractivity contribution < 1.29 is 45.0 Å². The molecular formula is C12H24N2O9. The van der Waals surface area contributed by atoms with Crippen LogP contribution in [0.15, 0.2) is 0 Å². The van der Waals surface area contributed by atoms with E-state index in [4.69, 9.17) is 30.6 Å². The lowest BCUT2D eigenvalue weighted by atomic mass is 10.4. The van der Waals surface area contributed by atoms with E-state index in [0.29, 0.717) is 19.6 Å². The largest absolute Gasteiger partial charge is 0.480 e. The van der Waals surface area contributed by atoms with Gasteiger partial charge in [-0.2, -0.15) is 0 Å². The third kappa shape index (κ3) is 18.2. The smallest absolute Gasteiger partial charge is 0.317 e. The van der Waals surface area contributed by atoms with E-state index in [9.17, 15) is 14.4 Å². The molecule has 11 nitrogen and oxygen atoms in total. The van der Waals surface area contributed by atoms with E-state index < -0.39 is 37.5 Å². The maximum absolute atomic E-state index is 10.1. The molecule has 0 atom stereocenters. The standard InChI is InChI=1S/C6H9NO6.C6H15NO3/c8-4(9)1-7(2-5(10)11)3-6(12)13;8-4-1-7(2-5-9)3-6-10/h1-3H2,(H,8,9)(H,10,11)(H,12,13);8-10H,1-6H2. The lowest BCUT2D eigenvalue weighted by Gasteiger charge is -2.17. The molecule has 23 heavy (non-hydrogen) atoms. The van der Waals surface area contributed by atoms with Gasteiger partial charge in [0.25, 0.3) is 0 Å². The lowest BCUT2D eigenvalue weighted by molar-refractivity contribution is -0.144. The average Bonchev–Trinajstić information content (AvgIpc) is 2.37. The minimum atomic E-state index is -1.26. The molecule has 0 heterocycles. The highest BCUT2D eigenvalue weighted by Crippen LogP contribution is 1.88. The van der Waals surface area contributed by atoms with E-state index in [1.165, 1.54) is 0 Å². The summed E-state index contributed by atoms with van der Waals surface area (Å²) in [6.45, 7) is -0.0425. The fraction of sp³-hybridized carbons (Fsp3) is 0.750. The van der Waals surface area contributed by atoms with Gasteiger partial charge in [-0.3, -0.25) is 24.2 Å². The van der Waals surface area contributed by atoms with Gasteiger partial charge in [0.15, 0.2) is 0 Å². The predicted molar refractivity (Wildman–Crippen MR) is 77.0 cm³/mol. The number of carboxylic acid groups (broad SMARTS) is 3. The molecule has 0 fully saturated rings. The van der Waals surface area contributed by atoms with Crippen molar-refractivity contribution in [3.05, 3.63) is 0 Å². The minimum Gasteiger partial charge on any atom is -0.480 e. The van der Waals surface area contributed by atoms with Crippen LogP contribution in [0.25, 0.3) is 0 Å². The van der Waals surface area contributed by atoms with E-state index in [-0.39, 0.29) is 19.8 Å². The lowest BCUT2D eigenvalue weighted by Crippen LogP contribution is -2.38. The Morgan fingerprint density at radius 2 is 0.826 bits per heavy atom. The predicted octanol–water partition coefficient (Wildman–Crippen LogP) is -3.19. The Bertz CT molecular complexity index is 299. The zero-order valence-corrected chi connectivity index (χ0v) is 12.7. The van der Waals surface area contributed by atoms with Crippen LogP contribution in [0.3, 0.4) is 0 Å². The zero-order valence-electron chi connectivity index (χ0n) is 12.7. The summed E-state index contributed by atoms with van der Waals surface area (Å²) in [7, 11) is 0. The summed E-state index contributed by atoms with van der Waals surface area (Å²) in [6.07, 6.45) is 0. The second kappa shape index (κ2) is 15.1. The third-order valence-corrected chi connectivity index (χ3v) is 2.33. The number of hydrogen-bond donors (Lipinski definition) is 6. The number of carbonyl (C=O) groups is 3. The summed E-state index contributed by atoms with van der Waals surface area (Å²) in [5.74, 6) is -3.78. The van der Waals surface area contributed by atoms with Gasteiger partial charge < -0.3 is 30.6 Å². The highest BCUT2D eigenvalue weighted by molar-refractivity contribution is 5.75. The van der Waals surface area contributed by atoms with E-state index in [2.05, 4.69) is 0 Å². The molecule has 0 radical (unpaired) electrons. The molecule has 0 aliphatic rings. The van der Waals surface area contributed by atoms with E-state index in [0.717, 1.165) is 4.90 Å². The average molecular weight is 340 g/mol. The molecule has 0 bridgehead atoms. The fourth-order valence-electron chi connectivity index (χ4n) is 1.50. The highest BCUT2D eigenvalue weighted by Gasteiger charge is 2.15. The van der Waals surface area contributed by atoms with Gasteiger partial charge in [0, 0.05) is 19.6 Å². The quantitative estimate of drug-likeness (QED) is 0.211. The number of aliphatic hydroxyl groups excluding tert-OH is 3. The summed E-state index contributed by atoms with van der Waals surface area (Å²) in [6, 6.07) is 0. The molecule has 11 heteroatoms. The normalized spacial score (nSPS) is 10.3. The monoisotopic (exact) mass is 340 g/mol. The van der Waals surface area contributed by atoms with Crippen LogP contribution in [0.2, 0.25) is 0 Å². The Morgan fingerprint density at radius 3 is 1.00 bits per heavy atom. The first-order valence-electron chi connectivity index (χ1n) is 6.69. The SMILES string of the molecule is O=C(O)CN(CC(=O)O)CC(=O)O.OCCN(CCO)CCO. The molecule has 0 saturated carbocycles. The second-order valence-electron chi connectivity index (χ2n) is 4.34. The molecule has 0 amide bonds. The van der Waals surface area contributed by atoms with Crippen LogP contribution >= 0.6 is 0 Å². The van der Waals surface area contributed by atoms with Crippen LogP contribution in [-0.4, -0.2) is 117 Å². The first-order chi connectivity index (χ1) is 10.8. The van der Waals surface area contributed by atoms with Crippen molar-refractivity contribution in [2.24, 2.45) is 0 Å². The molecule has 0 aromatic carbocycles. The van der Waals surface area contributed by atoms with Gasteiger partial charge in [0.05, 0.1) is 39.5 Å². The van der Waals surface area contributed by atoms with Crippen molar-refractivity contribution in [1.82, 2.24) is 9.80 Å². The Hall–Kier alpha value is -1.79. The summed E-state index contributed by atoms with van der Waals surface area (Å²) in [4.78, 5) is 33.0. The highest BCUT2D eigenvalue weighted by atomic mass is 16.4. The van der Waals surface area contributed by atoms with Crippen LogP contribution in [0, 0.1) is 0 Å². The summed E-state index contributed by atoms with van der Waals surface area (Å²) >= 11 is 0. The maximum Gasteiger partial charge on any atom is 0.317 e. The van der Waals surface area contributed by atoms with Crippen LogP contribution in [0.5, 0.6) is 0 Å². The van der Waals surface area contributed by atoms with Crippen LogP contribution in [-0.2, 0) is 14.4 Å². The Morgan fingerprint density at radius 1 is 0.565 bits per heavy atom. The first kappa shape index (κ1) is 23.5. The summed E-state index contributed by atoms with van der Waals surface area (Å²) in [5, 5.41) is 50.3. The number of nitrogens with zero attached hydrogens (tertiary/aromatic N) is 2. The molecule has 0 spiro atoms. The van der Waals surface area contributed by atoms with Crippen LogP contribution < -0.4 is 0 Å². The molecule has 0 rings (SSSR count). The number of hydrogen-bond acceptors (Lipinski definition) is 8. The van der Waals surface area contributed by atoms with Crippen LogP contribution in [0.4, 0.5) is 0 Å². The molecule has 6 N–H and O–H groups in total. The molecule has 0 aromatic heterocycles. The topological polar surface area (TPSA) is 179 Å². The Kier molecular flexibility index (Phi) is 15.4. The molecule has 0 unspecified atom stereocenters. The van der Waals surface area contributed by atoms with Crippen molar-refractivity contribution in [1.29, 1.82) is 0 Å². The van der Waals surface area contributed by atoms with E-state index in [1.807, 2.05) is 0 Å². The van der Waals surface area contributed by atoms with Crippen molar-refractivity contribution in [2.75, 3.05) is 59.1 Å². The van der Waals surface area contributed by atoms with Gasteiger partial charge >= 0.3 is 17.9 Å². The van der Waals surface area contributed by atoms with Crippen LogP contribution in [0.1, 0.15) is 0 Å². The number of rotatable bonds is 12. The zero-order chi connectivity index (χ0) is 18.3. The maximum atomic E-state index is 10.1. The molecule has 136 valence electrons. The fourth-order valence-corrected chi connectivity index (χ4v) is 1.50. The van der Waals surface area contributed by atoms with Gasteiger partial charge in [-0.25, -0.2) is 0 Å². The summed E-state index contributed by atoms with van der Waals surface area (Å²) in [5.41, 5.74) is 0. The summed E-state index contributed by atoms with van der Waals surface area (Å²) < 4.78 is 0. The van der Waals surface area contributed by atoms with Gasteiger partial charge in [0.1, 0.15) is 0 Å². The minimum absolute atomic E-state index is 0.0694. The third-order valence-electron chi connectivity index (χ3n) is 2.33. The molecule has 0 aliphatic heterocycles. The molecule has 0 aromatic rings. The Balaban J connectivity index is 0. The van der Waals surface area contributed by atoms with E-state index >= 15 is 0 Å². The van der Waals surface area contributed by atoms with Gasteiger partial charge in [-0.05, 0) is 0 Å². The first-order valence-corrected chi connectivity index (χ1v) is 6.69. The van der Waals surface area contributed by atoms with Gasteiger partial charge in [-0.1, -0.05) is 0 Å². The van der Waals surface area contributed by atoms with Crippen molar-refractivity contribution in [3.8, 4) is 0 Å². The van der Waals surface area contributed by atoms with Gasteiger partial charge in [-0.15, -0.1) is 0 Å². The van der Waals surface area contributed by atoms with Gasteiger partial charge in [0.2, 0.25) is 0 Å². The van der Waals surface area contributed by atoms with Crippen molar-refractivity contribution in [3.63, 3.8) is 0 Å². The molecule has 0 saturated heterocycles.